The number of hydrogen-bond donors (Lipinski definition) is 0. The molecule has 2 aromatic rings. The number of Topliss-reactive ketones (excluding diaryl/α,β-unsaturated/α-hetero) is 1. The van der Waals surface area contributed by atoms with E-state index in [1.165, 1.54) is 30.3 Å². The summed E-state index contributed by atoms with van der Waals surface area (Å²) >= 11 is 12.0. The molecule has 0 radical (unpaired) electrons. The van der Waals surface area contributed by atoms with Gasteiger partial charge in [-0.05, 0) is 23.8 Å². The predicted octanol–water partition coefficient (Wildman–Crippen LogP) is 4.74. The molecule has 0 spiro atoms. The number of rotatable bonds is 2. The number of benzene rings is 2. The Morgan fingerprint density at radius 3 is 2.25 bits per heavy atom. The van der Waals surface area contributed by atoms with Crippen molar-refractivity contribution in [2.24, 2.45) is 0 Å². The van der Waals surface area contributed by atoms with Crippen LogP contribution in [0.15, 0.2) is 36.4 Å². The number of carbonyl (C=O) groups excluding carboxylic acids is 2. The van der Waals surface area contributed by atoms with Crippen LogP contribution in [0, 0.1) is 0 Å². The Bertz CT molecular complexity index is 865. The second-order valence-electron chi connectivity index (χ2n) is 5.13. The maximum atomic E-state index is 13.1. The monoisotopic (exact) mass is 373 g/mol. The third kappa shape index (κ3) is 2.65. The van der Waals surface area contributed by atoms with Crippen LogP contribution >= 0.6 is 23.2 Å². The zero-order valence-electron chi connectivity index (χ0n) is 11.8. The zero-order chi connectivity index (χ0) is 17.6. The van der Waals surface area contributed by atoms with Crippen LogP contribution in [-0.4, -0.2) is 11.7 Å². The Labute approximate surface area is 144 Å². The molecule has 1 heterocycles. The van der Waals surface area contributed by atoms with Crippen LogP contribution in [0.1, 0.15) is 21.5 Å². The number of fused-ring (bicyclic) bond motifs is 1. The minimum atomic E-state index is -4.58. The molecule has 0 atom stereocenters. The average Bonchev–Trinajstić information content (AvgIpc) is 2.77. The molecule has 3 rings (SSSR count). The molecule has 1 aliphatic heterocycles. The van der Waals surface area contributed by atoms with Crippen molar-refractivity contribution in [3.05, 3.63) is 63.1 Å². The molecule has 1 amide bonds. The Balaban J connectivity index is 2.10. The van der Waals surface area contributed by atoms with Crippen LogP contribution in [0.4, 0.5) is 18.9 Å². The van der Waals surface area contributed by atoms with E-state index in [0.717, 1.165) is 11.0 Å². The van der Waals surface area contributed by atoms with Gasteiger partial charge in [0, 0.05) is 0 Å². The van der Waals surface area contributed by atoms with Gasteiger partial charge in [-0.3, -0.25) is 14.5 Å². The van der Waals surface area contributed by atoms with E-state index in [1.54, 1.807) is 0 Å². The minimum absolute atomic E-state index is 0.0272. The molecule has 0 N–H and O–H groups in total. The summed E-state index contributed by atoms with van der Waals surface area (Å²) in [5, 5.41) is 0.0949. The van der Waals surface area contributed by atoms with Crippen molar-refractivity contribution in [3.63, 3.8) is 0 Å². The summed E-state index contributed by atoms with van der Waals surface area (Å²) in [6.45, 7) is -0.437. The summed E-state index contributed by atoms with van der Waals surface area (Å²) in [7, 11) is 0. The first-order valence-electron chi connectivity index (χ1n) is 6.71. The van der Waals surface area contributed by atoms with Gasteiger partial charge in [-0.15, -0.1) is 0 Å². The lowest BCUT2D eigenvalue weighted by molar-refractivity contribution is -0.138. The summed E-state index contributed by atoms with van der Waals surface area (Å²) in [4.78, 5) is 25.2. The number of halogens is 5. The van der Waals surface area contributed by atoms with E-state index in [9.17, 15) is 22.8 Å². The van der Waals surface area contributed by atoms with Crippen molar-refractivity contribution >= 4 is 40.6 Å². The second-order valence-corrected chi connectivity index (χ2v) is 5.94. The van der Waals surface area contributed by atoms with Crippen molar-refractivity contribution < 1.29 is 22.8 Å². The van der Waals surface area contributed by atoms with Crippen molar-refractivity contribution in [2.75, 3.05) is 4.90 Å². The zero-order valence-corrected chi connectivity index (χ0v) is 13.3. The van der Waals surface area contributed by atoms with Crippen molar-refractivity contribution in [3.8, 4) is 0 Å². The van der Waals surface area contributed by atoms with Crippen LogP contribution in [-0.2, 0) is 17.5 Å². The molecule has 8 heteroatoms. The summed E-state index contributed by atoms with van der Waals surface area (Å²) < 4.78 is 39.4. The molecule has 1 aliphatic rings. The molecule has 124 valence electrons. The van der Waals surface area contributed by atoms with E-state index in [1.807, 2.05) is 0 Å². The maximum Gasteiger partial charge on any atom is 0.416 e. The van der Waals surface area contributed by atoms with Crippen LogP contribution < -0.4 is 4.90 Å². The SMILES string of the molecule is O=C1C(=O)N(Cc2ccccc2C(F)(F)F)c2c(Cl)ccc(Cl)c21. The Hall–Kier alpha value is -2.05. The van der Waals surface area contributed by atoms with Gasteiger partial charge in [0.05, 0.1) is 33.4 Å². The highest BCUT2D eigenvalue weighted by molar-refractivity contribution is 6.56. The van der Waals surface area contributed by atoms with Gasteiger partial charge in [0.25, 0.3) is 11.7 Å². The summed E-state index contributed by atoms with van der Waals surface area (Å²) in [6, 6.07) is 7.59. The topological polar surface area (TPSA) is 37.4 Å². The highest BCUT2D eigenvalue weighted by Crippen LogP contribution is 2.41. The highest BCUT2D eigenvalue weighted by Gasteiger charge is 2.41. The summed E-state index contributed by atoms with van der Waals surface area (Å²) in [5.74, 6) is -1.85. The van der Waals surface area contributed by atoms with Crippen molar-refractivity contribution in [2.45, 2.75) is 12.7 Å². The Morgan fingerprint density at radius 1 is 0.958 bits per heavy atom. The first-order valence-corrected chi connectivity index (χ1v) is 7.46. The standard InChI is InChI=1S/C16H8Cl2F3NO2/c17-10-5-6-11(18)13-12(10)14(23)15(24)22(13)7-8-3-1-2-4-9(8)16(19,20)21/h1-6H,7H2. The molecule has 2 aromatic carbocycles. The first kappa shape index (κ1) is 16.8. The van der Waals surface area contributed by atoms with Crippen molar-refractivity contribution in [1.29, 1.82) is 0 Å². The van der Waals surface area contributed by atoms with E-state index in [2.05, 4.69) is 0 Å². The molecule has 0 saturated carbocycles. The molecule has 0 fully saturated rings. The van der Waals surface area contributed by atoms with Gasteiger partial charge in [-0.1, -0.05) is 41.4 Å². The van der Waals surface area contributed by atoms with Crippen molar-refractivity contribution in [1.82, 2.24) is 0 Å². The Morgan fingerprint density at radius 2 is 1.58 bits per heavy atom. The average molecular weight is 374 g/mol. The van der Waals surface area contributed by atoms with Gasteiger partial charge in [0.2, 0.25) is 0 Å². The number of ketones is 1. The molecule has 0 saturated heterocycles. The molecular formula is C16H8Cl2F3NO2. The lowest BCUT2D eigenvalue weighted by atomic mass is 10.1. The number of carbonyl (C=O) groups is 2. The second kappa shape index (κ2) is 5.79. The van der Waals surface area contributed by atoms with E-state index in [-0.39, 0.29) is 26.9 Å². The van der Waals surface area contributed by atoms with Gasteiger partial charge in [0.1, 0.15) is 0 Å². The highest BCUT2D eigenvalue weighted by atomic mass is 35.5. The van der Waals surface area contributed by atoms with Crippen LogP contribution in [0.3, 0.4) is 0 Å². The Kier molecular flexibility index (Phi) is 4.05. The smallest absolute Gasteiger partial charge is 0.299 e. The lowest BCUT2D eigenvalue weighted by Gasteiger charge is -2.20. The van der Waals surface area contributed by atoms with Crippen LogP contribution in [0.2, 0.25) is 10.0 Å². The van der Waals surface area contributed by atoms with Crippen LogP contribution in [0.25, 0.3) is 0 Å². The first-order chi connectivity index (χ1) is 11.2. The normalized spacial score (nSPS) is 14.3. The third-order valence-electron chi connectivity index (χ3n) is 3.67. The van der Waals surface area contributed by atoms with E-state index < -0.39 is 30.0 Å². The quantitative estimate of drug-likeness (QED) is 0.712. The number of nitrogens with zero attached hydrogens (tertiary/aromatic N) is 1. The number of hydrogen-bond acceptors (Lipinski definition) is 2. The molecule has 3 nitrogen and oxygen atoms in total. The summed E-state index contributed by atoms with van der Waals surface area (Å²) in [5.41, 5.74) is -1.07. The maximum absolute atomic E-state index is 13.1. The summed E-state index contributed by atoms with van der Waals surface area (Å²) in [6.07, 6.45) is -4.58. The van der Waals surface area contributed by atoms with E-state index >= 15 is 0 Å². The molecular weight excluding hydrogens is 366 g/mol. The largest absolute Gasteiger partial charge is 0.416 e. The van der Waals surface area contributed by atoms with Gasteiger partial charge in [-0.2, -0.15) is 13.2 Å². The van der Waals surface area contributed by atoms with Gasteiger partial charge in [-0.25, -0.2) is 0 Å². The molecule has 0 bridgehead atoms. The van der Waals surface area contributed by atoms with Gasteiger partial charge >= 0.3 is 6.18 Å². The number of alkyl halides is 3. The van der Waals surface area contributed by atoms with E-state index in [4.69, 9.17) is 23.2 Å². The minimum Gasteiger partial charge on any atom is -0.299 e. The van der Waals surface area contributed by atoms with Gasteiger partial charge in [0.15, 0.2) is 0 Å². The molecule has 0 unspecified atom stereocenters. The van der Waals surface area contributed by atoms with Gasteiger partial charge < -0.3 is 0 Å². The van der Waals surface area contributed by atoms with E-state index in [0.29, 0.717) is 0 Å². The number of amides is 1. The molecule has 0 aromatic heterocycles. The predicted molar refractivity (Wildman–Crippen MR) is 83.4 cm³/mol. The number of anilines is 1. The fourth-order valence-electron chi connectivity index (χ4n) is 2.61. The molecule has 24 heavy (non-hydrogen) atoms. The van der Waals surface area contributed by atoms with Crippen LogP contribution in [0.5, 0.6) is 0 Å². The fourth-order valence-corrected chi connectivity index (χ4v) is 3.11. The fraction of sp³-hybridized carbons (Fsp3) is 0.125. The molecule has 0 aliphatic carbocycles. The third-order valence-corrected chi connectivity index (χ3v) is 4.29. The lowest BCUT2D eigenvalue weighted by Crippen LogP contribution is -2.30.